The van der Waals surface area contributed by atoms with Crippen molar-refractivity contribution < 1.29 is 14.7 Å². The van der Waals surface area contributed by atoms with E-state index in [9.17, 15) is 9.59 Å². The molecule has 0 spiro atoms. The van der Waals surface area contributed by atoms with Crippen LogP contribution in [-0.4, -0.2) is 16.9 Å². The Labute approximate surface area is 114 Å². The minimum atomic E-state index is -1.19. The first-order valence-electron chi connectivity index (χ1n) is 5.42. The first kappa shape index (κ1) is 13.1. The normalized spacial score (nSPS) is 10.2. The second-order valence-corrected chi connectivity index (χ2v) is 4.35. The lowest BCUT2D eigenvalue weighted by molar-refractivity contribution is 0.0693. The second-order valence-electron chi connectivity index (χ2n) is 3.91. The fourth-order valence-corrected chi connectivity index (χ4v) is 1.91. The van der Waals surface area contributed by atoms with Gasteiger partial charge in [0.05, 0.1) is 5.56 Å². The molecule has 0 heterocycles. The molecule has 0 unspecified atom stereocenters. The van der Waals surface area contributed by atoms with Crippen molar-refractivity contribution >= 4 is 29.0 Å². The van der Waals surface area contributed by atoms with Crippen LogP contribution in [0, 0.1) is 0 Å². The quantitative estimate of drug-likeness (QED) is 0.667. The van der Waals surface area contributed by atoms with Crippen LogP contribution >= 0.6 is 11.6 Å². The number of benzene rings is 2. The van der Waals surface area contributed by atoms with Gasteiger partial charge in [0.2, 0.25) is 0 Å². The van der Waals surface area contributed by atoms with Crippen molar-refractivity contribution in [3.05, 3.63) is 64.2 Å². The summed E-state index contributed by atoms with van der Waals surface area (Å²) in [5.41, 5.74) is 6.20. The lowest BCUT2D eigenvalue weighted by Crippen LogP contribution is -2.11. The molecular formula is C14H10ClNO3. The molecule has 4 nitrogen and oxygen atoms in total. The number of nitrogen functional groups attached to an aromatic ring is 1. The van der Waals surface area contributed by atoms with E-state index in [1.165, 1.54) is 18.2 Å². The van der Waals surface area contributed by atoms with Gasteiger partial charge < -0.3 is 10.8 Å². The maximum atomic E-state index is 12.3. The van der Waals surface area contributed by atoms with Crippen LogP contribution in [0.2, 0.25) is 5.02 Å². The molecule has 2 aromatic rings. The summed E-state index contributed by atoms with van der Waals surface area (Å²) < 4.78 is 0. The number of carboxylic acids is 1. The van der Waals surface area contributed by atoms with E-state index in [0.29, 0.717) is 10.7 Å². The summed E-state index contributed by atoms with van der Waals surface area (Å²) in [7, 11) is 0. The molecule has 3 N–H and O–H groups in total. The van der Waals surface area contributed by atoms with Crippen molar-refractivity contribution in [3.8, 4) is 0 Å². The lowest BCUT2D eigenvalue weighted by atomic mass is 9.97. The molecule has 0 amide bonds. The minimum absolute atomic E-state index is 0.0258. The Kier molecular flexibility index (Phi) is 3.53. The van der Waals surface area contributed by atoms with Gasteiger partial charge in [0.1, 0.15) is 0 Å². The van der Waals surface area contributed by atoms with E-state index in [1.807, 2.05) is 0 Å². The summed E-state index contributed by atoms with van der Waals surface area (Å²) in [6.45, 7) is 0. The monoisotopic (exact) mass is 275 g/mol. The molecule has 5 heteroatoms. The zero-order valence-corrected chi connectivity index (χ0v) is 10.5. The van der Waals surface area contributed by atoms with Gasteiger partial charge >= 0.3 is 5.97 Å². The SMILES string of the molecule is Nc1ccccc1C(=O)c1cc(Cl)ccc1C(=O)O. The van der Waals surface area contributed by atoms with Crippen LogP contribution in [0.25, 0.3) is 0 Å². The first-order valence-corrected chi connectivity index (χ1v) is 5.80. The lowest BCUT2D eigenvalue weighted by Gasteiger charge is -2.08. The van der Waals surface area contributed by atoms with Crippen LogP contribution in [-0.2, 0) is 0 Å². The fourth-order valence-electron chi connectivity index (χ4n) is 1.74. The second kappa shape index (κ2) is 5.12. The number of hydrogen-bond acceptors (Lipinski definition) is 3. The minimum Gasteiger partial charge on any atom is -0.478 e. The van der Waals surface area contributed by atoms with Gasteiger partial charge in [0.15, 0.2) is 5.78 Å². The molecule has 0 aromatic heterocycles. The average Bonchev–Trinajstić information content (AvgIpc) is 2.38. The zero-order valence-electron chi connectivity index (χ0n) is 9.76. The van der Waals surface area contributed by atoms with Gasteiger partial charge in [-0.05, 0) is 30.3 Å². The molecule has 0 atom stereocenters. The predicted octanol–water partition coefficient (Wildman–Crippen LogP) is 2.85. The maximum absolute atomic E-state index is 12.3. The summed E-state index contributed by atoms with van der Waals surface area (Å²) >= 11 is 5.82. The molecule has 0 aliphatic carbocycles. The van der Waals surface area contributed by atoms with Crippen LogP contribution in [0.15, 0.2) is 42.5 Å². The van der Waals surface area contributed by atoms with E-state index in [4.69, 9.17) is 22.4 Å². The number of halogens is 1. The van der Waals surface area contributed by atoms with Crippen LogP contribution < -0.4 is 5.73 Å². The maximum Gasteiger partial charge on any atom is 0.336 e. The smallest absolute Gasteiger partial charge is 0.336 e. The molecule has 2 aromatic carbocycles. The van der Waals surface area contributed by atoms with E-state index in [1.54, 1.807) is 24.3 Å². The van der Waals surface area contributed by atoms with E-state index in [0.717, 1.165) is 0 Å². The summed E-state index contributed by atoms with van der Waals surface area (Å²) in [4.78, 5) is 23.5. The van der Waals surface area contributed by atoms with Crippen molar-refractivity contribution in [2.45, 2.75) is 0 Å². The molecule has 0 fully saturated rings. The van der Waals surface area contributed by atoms with Crippen LogP contribution in [0.5, 0.6) is 0 Å². The number of para-hydroxylation sites is 1. The summed E-state index contributed by atoms with van der Waals surface area (Å²) in [5.74, 6) is -1.65. The molecular weight excluding hydrogens is 266 g/mol. The topological polar surface area (TPSA) is 80.4 Å². The van der Waals surface area contributed by atoms with Gasteiger partial charge in [-0.15, -0.1) is 0 Å². The van der Waals surface area contributed by atoms with Gasteiger partial charge in [-0.3, -0.25) is 4.79 Å². The van der Waals surface area contributed by atoms with Crippen molar-refractivity contribution in [2.24, 2.45) is 0 Å². The molecule has 19 heavy (non-hydrogen) atoms. The van der Waals surface area contributed by atoms with E-state index < -0.39 is 11.8 Å². The molecule has 0 saturated carbocycles. The van der Waals surface area contributed by atoms with Gasteiger partial charge in [-0.25, -0.2) is 4.79 Å². The standard InChI is InChI=1S/C14H10ClNO3/c15-8-5-6-9(14(18)19)11(7-8)13(17)10-3-1-2-4-12(10)16/h1-7H,16H2,(H,18,19). The number of rotatable bonds is 3. The van der Waals surface area contributed by atoms with E-state index in [-0.39, 0.29) is 16.7 Å². The van der Waals surface area contributed by atoms with Crippen molar-refractivity contribution in [1.29, 1.82) is 0 Å². The largest absolute Gasteiger partial charge is 0.478 e. The van der Waals surface area contributed by atoms with Gasteiger partial charge in [0.25, 0.3) is 0 Å². The summed E-state index contributed by atoms with van der Waals surface area (Å²) in [5, 5.41) is 9.39. The summed E-state index contributed by atoms with van der Waals surface area (Å²) in [6, 6.07) is 10.5. The molecule has 0 aliphatic heterocycles. The highest BCUT2D eigenvalue weighted by atomic mass is 35.5. The summed E-state index contributed by atoms with van der Waals surface area (Å²) in [6.07, 6.45) is 0. The number of carboxylic acid groups (broad SMARTS) is 1. The Morgan fingerprint density at radius 2 is 1.68 bits per heavy atom. The fraction of sp³-hybridized carbons (Fsp3) is 0. The first-order chi connectivity index (χ1) is 9.00. The van der Waals surface area contributed by atoms with E-state index in [2.05, 4.69) is 0 Å². The Bertz CT molecular complexity index is 667. The van der Waals surface area contributed by atoms with Crippen LogP contribution in [0.3, 0.4) is 0 Å². The number of anilines is 1. The van der Waals surface area contributed by atoms with Gasteiger partial charge in [0, 0.05) is 21.8 Å². The number of aromatic carboxylic acids is 1. The highest BCUT2D eigenvalue weighted by Gasteiger charge is 2.19. The average molecular weight is 276 g/mol. The molecule has 2 rings (SSSR count). The van der Waals surface area contributed by atoms with Gasteiger partial charge in [-0.2, -0.15) is 0 Å². The number of ketones is 1. The predicted molar refractivity (Wildman–Crippen MR) is 72.7 cm³/mol. The molecule has 0 radical (unpaired) electrons. The Morgan fingerprint density at radius 1 is 1.00 bits per heavy atom. The molecule has 96 valence electrons. The van der Waals surface area contributed by atoms with Crippen molar-refractivity contribution in [1.82, 2.24) is 0 Å². The third kappa shape index (κ3) is 2.58. The molecule has 0 saturated heterocycles. The third-order valence-electron chi connectivity index (χ3n) is 2.66. The number of nitrogens with two attached hydrogens (primary N) is 1. The Hall–Kier alpha value is -2.33. The Morgan fingerprint density at radius 3 is 2.32 bits per heavy atom. The van der Waals surface area contributed by atoms with Crippen LogP contribution in [0.4, 0.5) is 5.69 Å². The van der Waals surface area contributed by atoms with Crippen LogP contribution in [0.1, 0.15) is 26.3 Å². The number of hydrogen-bond donors (Lipinski definition) is 2. The Balaban J connectivity index is 2.59. The highest BCUT2D eigenvalue weighted by Crippen LogP contribution is 2.22. The number of carbonyl (C=O) groups excluding carboxylic acids is 1. The molecule has 0 aliphatic rings. The zero-order chi connectivity index (χ0) is 14.0. The third-order valence-corrected chi connectivity index (χ3v) is 2.90. The highest BCUT2D eigenvalue weighted by molar-refractivity contribution is 6.31. The van der Waals surface area contributed by atoms with E-state index >= 15 is 0 Å². The van der Waals surface area contributed by atoms with Crippen molar-refractivity contribution in [3.63, 3.8) is 0 Å². The van der Waals surface area contributed by atoms with Gasteiger partial charge in [-0.1, -0.05) is 23.7 Å². The van der Waals surface area contributed by atoms with Crippen molar-refractivity contribution in [2.75, 3.05) is 5.73 Å². The number of carbonyl (C=O) groups is 2. The molecule has 0 bridgehead atoms.